The first-order chi connectivity index (χ1) is 15.6. The van der Waals surface area contributed by atoms with Gasteiger partial charge in [0.2, 0.25) is 0 Å². The average molecular weight is 431 g/mol. The molecule has 0 aliphatic rings. The van der Waals surface area contributed by atoms with Gasteiger partial charge in [-0.15, -0.1) is 0 Å². The van der Waals surface area contributed by atoms with Crippen LogP contribution >= 0.6 is 0 Å². The van der Waals surface area contributed by atoms with E-state index in [1.54, 1.807) is 28.4 Å². The van der Waals surface area contributed by atoms with Gasteiger partial charge in [-0.25, -0.2) is 4.68 Å². The number of ether oxygens (including phenoxy) is 4. The first-order valence-electron chi connectivity index (χ1n) is 10.2. The molecular formula is C26H26N2O4. The third-order valence-corrected chi connectivity index (χ3v) is 5.31. The minimum Gasteiger partial charge on any atom is -0.493 e. The number of benzene rings is 3. The van der Waals surface area contributed by atoms with Crippen LogP contribution in [0.25, 0.3) is 28.2 Å². The van der Waals surface area contributed by atoms with Crippen LogP contribution in [-0.4, -0.2) is 38.2 Å². The van der Waals surface area contributed by atoms with Gasteiger partial charge in [0.15, 0.2) is 23.0 Å². The lowest BCUT2D eigenvalue weighted by atomic mass is 10.1. The van der Waals surface area contributed by atoms with E-state index in [1.807, 2.05) is 53.2 Å². The van der Waals surface area contributed by atoms with Gasteiger partial charge in [0.05, 0.1) is 45.5 Å². The molecule has 3 aromatic carbocycles. The van der Waals surface area contributed by atoms with Crippen molar-refractivity contribution in [3.8, 4) is 51.2 Å². The van der Waals surface area contributed by atoms with E-state index in [-0.39, 0.29) is 0 Å². The molecule has 0 saturated carbocycles. The molecule has 0 fully saturated rings. The second-order valence-electron chi connectivity index (χ2n) is 7.31. The number of nitrogens with zero attached hydrogens (tertiary/aromatic N) is 2. The third-order valence-electron chi connectivity index (χ3n) is 5.31. The molecular weight excluding hydrogens is 404 g/mol. The molecule has 0 atom stereocenters. The normalized spacial score (nSPS) is 10.7. The molecule has 4 rings (SSSR count). The molecule has 0 unspecified atom stereocenters. The summed E-state index contributed by atoms with van der Waals surface area (Å²) in [4.78, 5) is 0. The highest BCUT2D eigenvalue weighted by Crippen LogP contribution is 2.37. The zero-order valence-electron chi connectivity index (χ0n) is 18.9. The highest BCUT2D eigenvalue weighted by atomic mass is 16.5. The first kappa shape index (κ1) is 21.3. The zero-order chi connectivity index (χ0) is 22.7. The predicted octanol–water partition coefficient (Wildman–Crippen LogP) is 5.55. The van der Waals surface area contributed by atoms with E-state index >= 15 is 0 Å². The van der Waals surface area contributed by atoms with Crippen molar-refractivity contribution in [3.63, 3.8) is 0 Å². The molecule has 1 aromatic heterocycles. The van der Waals surface area contributed by atoms with Crippen molar-refractivity contribution < 1.29 is 18.9 Å². The predicted molar refractivity (Wildman–Crippen MR) is 125 cm³/mol. The van der Waals surface area contributed by atoms with Crippen LogP contribution in [0.4, 0.5) is 0 Å². The average Bonchev–Trinajstić information content (AvgIpc) is 3.28. The Morgan fingerprint density at radius 1 is 0.625 bits per heavy atom. The van der Waals surface area contributed by atoms with Crippen LogP contribution in [-0.2, 0) is 0 Å². The van der Waals surface area contributed by atoms with Gasteiger partial charge in [-0.3, -0.25) is 0 Å². The quantitative estimate of drug-likeness (QED) is 0.385. The minimum atomic E-state index is 0.655. The number of methoxy groups -OCH3 is 4. The molecule has 0 spiro atoms. The van der Waals surface area contributed by atoms with Crippen molar-refractivity contribution in [2.24, 2.45) is 0 Å². The second-order valence-corrected chi connectivity index (χ2v) is 7.31. The van der Waals surface area contributed by atoms with Crippen molar-refractivity contribution in [1.29, 1.82) is 0 Å². The molecule has 4 aromatic rings. The Bertz CT molecular complexity index is 1250. The smallest absolute Gasteiger partial charge is 0.161 e. The highest BCUT2D eigenvalue weighted by molar-refractivity contribution is 5.73. The Morgan fingerprint density at radius 3 is 1.81 bits per heavy atom. The SMILES string of the molecule is COc1ccc(-c2cc(-c3ccc(OC)c(OC)c3)n(-c3cccc(C)c3)n2)cc1OC. The largest absolute Gasteiger partial charge is 0.493 e. The summed E-state index contributed by atoms with van der Waals surface area (Å²) in [5.41, 5.74) is 5.77. The maximum atomic E-state index is 5.53. The topological polar surface area (TPSA) is 54.7 Å². The van der Waals surface area contributed by atoms with Gasteiger partial charge in [-0.1, -0.05) is 12.1 Å². The lowest BCUT2D eigenvalue weighted by Gasteiger charge is -2.11. The number of aromatic nitrogens is 2. The Hall–Kier alpha value is -3.93. The lowest BCUT2D eigenvalue weighted by Crippen LogP contribution is -2.00. The molecule has 6 nitrogen and oxygen atoms in total. The molecule has 0 aliphatic heterocycles. The van der Waals surface area contributed by atoms with Gasteiger partial charge in [-0.2, -0.15) is 5.10 Å². The zero-order valence-corrected chi connectivity index (χ0v) is 18.9. The van der Waals surface area contributed by atoms with Crippen LogP contribution in [0.15, 0.2) is 66.7 Å². The summed E-state index contributed by atoms with van der Waals surface area (Å²) in [6.45, 7) is 2.07. The fourth-order valence-corrected chi connectivity index (χ4v) is 3.68. The van der Waals surface area contributed by atoms with Gasteiger partial charge < -0.3 is 18.9 Å². The Labute approximate surface area is 187 Å². The first-order valence-corrected chi connectivity index (χ1v) is 10.2. The van der Waals surface area contributed by atoms with Crippen molar-refractivity contribution in [2.45, 2.75) is 6.92 Å². The Balaban J connectivity index is 1.90. The van der Waals surface area contributed by atoms with Crippen LogP contribution < -0.4 is 18.9 Å². The van der Waals surface area contributed by atoms with Gasteiger partial charge in [0.1, 0.15) is 0 Å². The van der Waals surface area contributed by atoms with E-state index in [1.165, 1.54) is 0 Å². The van der Waals surface area contributed by atoms with Crippen molar-refractivity contribution in [2.75, 3.05) is 28.4 Å². The minimum absolute atomic E-state index is 0.655. The number of hydrogen-bond donors (Lipinski definition) is 0. The van der Waals surface area contributed by atoms with Crippen LogP contribution in [0.1, 0.15) is 5.56 Å². The van der Waals surface area contributed by atoms with Crippen LogP contribution in [0.5, 0.6) is 23.0 Å². The number of aryl methyl sites for hydroxylation is 1. The van der Waals surface area contributed by atoms with E-state index in [2.05, 4.69) is 25.1 Å². The third kappa shape index (κ3) is 3.99. The molecule has 0 radical (unpaired) electrons. The maximum absolute atomic E-state index is 5.53. The molecule has 0 bridgehead atoms. The van der Waals surface area contributed by atoms with E-state index in [4.69, 9.17) is 24.0 Å². The second kappa shape index (κ2) is 9.06. The lowest BCUT2D eigenvalue weighted by molar-refractivity contribution is 0.355. The van der Waals surface area contributed by atoms with Crippen molar-refractivity contribution in [3.05, 3.63) is 72.3 Å². The standard InChI is InChI=1S/C26H26N2O4/c1-17-7-6-8-20(13-17)28-22(19-10-12-24(30-3)26(15-19)32-5)16-21(27-28)18-9-11-23(29-2)25(14-18)31-4/h6-16H,1-5H3. The number of rotatable bonds is 7. The van der Waals surface area contributed by atoms with Gasteiger partial charge in [0, 0.05) is 11.1 Å². The summed E-state index contributed by atoms with van der Waals surface area (Å²) < 4.78 is 23.7. The van der Waals surface area contributed by atoms with E-state index in [9.17, 15) is 0 Å². The molecule has 0 amide bonds. The summed E-state index contributed by atoms with van der Waals surface area (Å²) in [5, 5.41) is 4.95. The molecule has 0 saturated heterocycles. The van der Waals surface area contributed by atoms with Gasteiger partial charge in [0.25, 0.3) is 0 Å². The molecule has 0 N–H and O–H groups in total. The monoisotopic (exact) mass is 430 g/mol. The summed E-state index contributed by atoms with van der Waals surface area (Å²) in [7, 11) is 6.51. The van der Waals surface area contributed by atoms with Crippen LogP contribution in [0.2, 0.25) is 0 Å². The summed E-state index contributed by atoms with van der Waals surface area (Å²) in [6, 6.07) is 22.0. The van der Waals surface area contributed by atoms with E-state index in [0.717, 1.165) is 33.8 Å². The molecule has 6 heteroatoms. The van der Waals surface area contributed by atoms with E-state index in [0.29, 0.717) is 23.0 Å². The summed E-state index contributed by atoms with van der Waals surface area (Å²) in [6.07, 6.45) is 0. The maximum Gasteiger partial charge on any atom is 0.161 e. The number of hydrogen-bond acceptors (Lipinski definition) is 5. The Morgan fingerprint density at radius 2 is 1.22 bits per heavy atom. The highest BCUT2D eigenvalue weighted by Gasteiger charge is 2.17. The van der Waals surface area contributed by atoms with Crippen molar-refractivity contribution in [1.82, 2.24) is 9.78 Å². The molecule has 32 heavy (non-hydrogen) atoms. The van der Waals surface area contributed by atoms with Gasteiger partial charge in [-0.05, 0) is 67.1 Å². The summed E-state index contributed by atoms with van der Waals surface area (Å²) in [5.74, 6) is 2.67. The molecule has 164 valence electrons. The summed E-state index contributed by atoms with van der Waals surface area (Å²) >= 11 is 0. The van der Waals surface area contributed by atoms with E-state index < -0.39 is 0 Å². The molecule has 1 heterocycles. The van der Waals surface area contributed by atoms with Crippen LogP contribution in [0.3, 0.4) is 0 Å². The van der Waals surface area contributed by atoms with Gasteiger partial charge >= 0.3 is 0 Å². The fourth-order valence-electron chi connectivity index (χ4n) is 3.68. The van der Waals surface area contributed by atoms with Crippen LogP contribution in [0, 0.1) is 6.92 Å². The fraction of sp³-hybridized carbons (Fsp3) is 0.192. The van der Waals surface area contributed by atoms with Crippen molar-refractivity contribution >= 4 is 0 Å². The molecule has 0 aliphatic carbocycles. The Kier molecular flexibility index (Phi) is 6.03.